The van der Waals surface area contributed by atoms with Crippen LogP contribution < -0.4 is 5.56 Å². The van der Waals surface area contributed by atoms with Crippen molar-refractivity contribution >= 4 is 11.8 Å². The van der Waals surface area contributed by atoms with Crippen molar-refractivity contribution in [3.63, 3.8) is 0 Å². The third-order valence-corrected chi connectivity index (χ3v) is 4.38. The van der Waals surface area contributed by atoms with Gasteiger partial charge in [-0.05, 0) is 24.8 Å². The average Bonchev–Trinajstić information content (AvgIpc) is 2.51. The number of hydrogen-bond acceptors (Lipinski definition) is 5. The molecule has 2 aromatic rings. The van der Waals surface area contributed by atoms with E-state index in [-0.39, 0.29) is 5.56 Å². The summed E-state index contributed by atoms with van der Waals surface area (Å²) in [7, 11) is 0. The van der Waals surface area contributed by atoms with Gasteiger partial charge in [-0.3, -0.25) is 9.69 Å². The van der Waals surface area contributed by atoms with E-state index in [9.17, 15) is 9.18 Å². The van der Waals surface area contributed by atoms with Gasteiger partial charge in [0.25, 0.3) is 5.56 Å². The first-order valence-electron chi connectivity index (χ1n) is 7.06. The van der Waals surface area contributed by atoms with Crippen LogP contribution in [0.1, 0.15) is 22.4 Å². The minimum atomic E-state index is -0.432. The molecular weight excluding hydrogens is 303 g/mol. The van der Waals surface area contributed by atoms with Gasteiger partial charge in [0.1, 0.15) is 0 Å². The zero-order valence-electron chi connectivity index (χ0n) is 12.5. The van der Waals surface area contributed by atoms with E-state index in [0.717, 1.165) is 29.8 Å². The molecule has 0 saturated heterocycles. The number of aromatic nitrogens is 3. The second-order valence-corrected chi connectivity index (χ2v) is 6.21. The molecule has 0 fully saturated rings. The van der Waals surface area contributed by atoms with Gasteiger partial charge in [-0.1, -0.05) is 11.8 Å². The van der Waals surface area contributed by atoms with Crippen molar-refractivity contribution in [2.24, 2.45) is 0 Å². The lowest BCUT2D eigenvalue weighted by molar-refractivity contribution is 0.240. The summed E-state index contributed by atoms with van der Waals surface area (Å²) in [6.45, 7) is 3.74. The Kier molecular flexibility index (Phi) is 4.26. The summed E-state index contributed by atoms with van der Waals surface area (Å²) in [6.07, 6.45) is 4.20. The van der Waals surface area contributed by atoms with E-state index in [2.05, 4.69) is 19.9 Å². The fraction of sp³-hybridized carbons (Fsp3) is 0.400. The number of aromatic amines is 1. The van der Waals surface area contributed by atoms with Crippen molar-refractivity contribution < 1.29 is 4.39 Å². The maximum Gasteiger partial charge on any atom is 0.256 e. The summed E-state index contributed by atoms with van der Waals surface area (Å²) in [4.78, 5) is 25.3. The van der Waals surface area contributed by atoms with Crippen LogP contribution in [-0.2, 0) is 19.5 Å². The molecule has 0 unspecified atom stereocenters. The van der Waals surface area contributed by atoms with Crippen LogP contribution in [-0.4, -0.2) is 32.7 Å². The molecule has 0 radical (unpaired) electrons. The van der Waals surface area contributed by atoms with E-state index in [1.54, 1.807) is 19.2 Å². The third kappa shape index (κ3) is 3.05. The maximum atomic E-state index is 13.2. The van der Waals surface area contributed by atoms with Gasteiger partial charge in [-0.25, -0.2) is 9.97 Å². The maximum absolute atomic E-state index is 13.2. The Morgan fingerprint density at radius 1 is 1.50 bits per heavy atom. The topological polar surface area (TPSA) is 61.9 Å². The number of H-pyrrole nitrogens is 1. The summed E-state index contributed by atoms with van der Waals surface area (Å²) in [5, 5.41) is 0.663. The van der Waals surface area contributed by atoms with Crippen LogP contribution in [0, 0.1) is 12.9 Å². The molecule has 3 heterocycles. The summed E-state index contributed by atoms with van der Waals surface area (Å²) < 4.78 is 13.2. The lowest BCUT2D eigenvalue weighted by Crippen LogP contribution is -2.35. The quantitative estimate of drug-likeness (QED) is 0.532. The minimum Gasteiger partial charge on any atom is -0.301 e. The Hall–Kier alpha value is -1.73. The lowest BCUT2D eigenvalue weighted by Gasteiger charge is -2.27. The van der Waals surface area contributed by atoms with Crippen molar-refractivity contribution in [1.82, 2.24) is 19.9 Å². The van der Waals surface area contributed by atoms with Gasteiger partial charge in [-0.2, -0.15) is 4.39 Å². The van der Waals surface area contributed by atoms with E-state index in [1.165, 1.54) is 11.8 Å². The highest BCUT2D eigenvalue weighted by molar-refractivity contribution is 7.98. The second-order valence-electron chi connectivity index (χ2n) is 5.41. The molecule has 2 aromatic heterocycles. The first-order valence-corrected chi connectivity index (χ1v) is 8.28. The molecule has 0 spiro atoms. The van der Waals surface area contributed by atoms with Gasteiger partial charge in [0.15, 0.2) is 5.16 Å². The predicted octanol–water partition coefficient (Wildman–Crippen LogP) is 1.89. The molecule has 0 amide bonds. The minimum absolute atomic E-state index is 0.0625. The smallest absolute Gasteiger partial charge is 0.256 e. The van der Waals surface area contributed by atoms with Crippen LogP contribution in [0.2, 0.25) is 0 Å². The van der Waals surface area contributed by atoms with Crippen molar-refractivity contribution in [2.75, 3.05) is 12.8 Å². The molecule has 0 bridgehead atoms. The van der Waals surface area contributed by atoms with E-state index >= 15 is 0 Å². The normalized spacial score (nSPS) is 14.9. The van der Waals surface area contributed by atoms with Gasteiger partial charge in [-0.15, -0.1) is 0 Å². The SMILES string of the molecule is CSc1nc2c(c(=O)[nH]1)CN(Cc1cnc(F)c(C)c1)CC2. The van der Waals surface area contributed by atoms with E-state index in [4.69, 9.17) is 0 Å². The summed E-state index contributed by atoms with van der Waals surface area (Å²) >= 11 is 1.44. The summed E-state index contributed by atoms with van der Waals surface area (Å²) in [6, 6.07) is 1.80. The van der Waals surface area contributed by atoms with Gasteiger partial charge in [0.05, 0.1) is 11.3 Å². The van der Waals surface area contributed by atoms with Gasteiger partial charge in [0, 0.05) is 37.8 Å². The number of hydrogen-bond donors (Lipinski definition) is 1. The number of nitrogens with zero attached hydrogens (tertiary/aromatic N) is 3. The van der Waals surface area contributed by atoms with Crippen molar-refractivity contribution in [3.8, 4) is 0 Å². The highest BCUT2D eigenvalue weighted by Gasteiger charge is 2.21. The average molecular weight is 320 g/mol. The van der Waals surface area contributed by atoms with Crippen LogP contribution in [0.4, 0.5) is 4.39 Å². The van der Waals surface area contributed by atoms with E-state index < -0.39 is 5.95 Å². The molecule has 22 heavy (non-hydrogen) atoms. The highest BCUT2D eigenvalue weighted by Crippen LogP contribution is 2.18. The molecule has 0 saturated carbocycles. The summed E-state index contributed by atoms with van der Waals surface area (Å²) in [5.74, 6) is -0.432. The molecule has 5 nitrogen and oxygen atoms in total. The predicted molar refractivity (Wildman–Crippen MR) is 83.4 cm³/mol. The Morgan fingerprint density at radius 3 is 3.05 bits per heavy atom. The van der Waals surface area contributed by atoms with Crippen molar-refractivity contribution in [3.05, 3.63) is 50.9 Å². The van der Waals surface area contributed by atoms with Gasteiger partial charge >= 0.3 is 0 Å². The fourth-order valence-electron chi connectivity index (χ4n) is 2.65. The zero-order valence-corrected chi connectivity index (χ0v) is 13.3. The molecule has 0 aliphatic carbocycles. The molecule has 0 atom stereocenters. The Labute approximate surface area is 132 Å². The number of pyridine rings is 1. The third-order valence-electron chi connectivity index (χ3n) is 3.80. The molecular formula is C15H17FN4OS. The lowest BCUT2D eigenvalue weighted by atomic mass is 10.1. The molecule has 7 heteroatoms. The van der Waals surface area contributed by atoms with Crippen molar-refractivity contribution in [1.29, 1.82) is 0 Å². The number of fused-ring (bicyclic) bond motifs is 1. The first kappa shape index (κ1) is 15.2. The van der Waals surface area contributed by atoms with Crippen LogP contribution in [0.25, 0.3) is 0 Å². The van der Waals surface area contributed by atoms with Gasteiger partial charge < -0.3 is 4.98 Å². The van der Waals surface area contributed by atoms with Gasteiger partial charge in [0.2, 0.25) is 5.95 Å². The van der Waals surface area contributed by atoms with Crippen LogP contribution in [0.15, 0.2) is 22.2 Å². The Balaban J connectivity index is 1.79. The van der Waals surface area contributed by atoms with Crippen LogP contribution >= 0.6 is 11.8 Å². The second kappa shape index (κ2) is 6.18. The molecule has 1 N–H and O–H groups in total. The summed E-state index contributed by atoms with van der Waals surface area (Å²) in [5.41, 5.74) is 3.05. The molecule has 3 rings (SSSR count). The zero-order chi connectivity index (χ0) is 15.7. The van der Waals surface area contributed by atoms with Crippen molar-refractivity contribution in [2.45, 2.75) is 31.6 Å². The number of aryl methyl sites for hydroxylation is 1. The van der Waals surface area contributed by atoms with E-state index in [1.807, 2.05) is 6.26 Å². The van der Waals surface area contributed by atoms with Crippen LogP contribution in [0.3, 0.4) is 0 Å². The largest absolute Gasteiger partial charge is 0.301 e. The van der Waals surface area contributed by atoms with E-state index in [0.29, 0.717) is 23.8 Å². The monoisotopic (exact) mass is 320 g/mol. The first-order chi connectivity index (χ1) is 10.6. The molecule has 1 aliphatic rings. The van der Waals surface area contributed by atoms with Crippen LogP contribution in [0.5, 0.6) is 0 Å². The molecule has 0 aromatic carbocycles. The Morgan fingerprint density at radius 2 is 2.32 bits per heavy atom. The molecule has 116 valence electrons. The fourth-order valence-corrected chi connectivity index (χ4v) is 3.05. The number of nitrogens with one attached hydrogen (secondary N) is 1. The highest BCUT2D eigenvalue weighted by atomic mass is 32.2. The number of rotatable bonds is 3. The molecule has 1 aliphatic heterocycles. The number of halogens is 1. The Bertz CT molecular complexity index is 762. The standard InChI is InChI=1S/C15H17FN4OS/c1-9-5-10(6-17-13(9)16)7-20-4-3-12-11(8-20)14(21)19-15(18-12)22-2/h5-6H,3-4,7-8H2,1-2H3,(H,18,19,21). The number of thioether (sulfide) groups is 1.